The van der Waals surface area contributed by atoms with Gasteiger partial charge < -0.3 is 10.1 Å². The summed E-state index contributed by atoms with van der Waals surface area (Å²) in [6.45, 7) is 3.48. The second-order valence-corrected chi connectivity index (χ2v) is 5.81. The van der Waals surface area contributed by atoms with Crippen molar-refractivity contribution in [3.63, 3.8) is 0 Å². The molecule has 1 aromatic rings. The Kier molecular flexibility index (Phi) is 4.27. The normalized spacial score (nSPS) is 21.6. The van der Waals surface area contributed by atoms with Crippen LogP contribution in [-0.4, -0.2) is 37.4 Å². The van der Waals surface area contributed by atoms with Gasteiger partial charge in [0.1, 0.15) is 0 Å². The van der Waals surface area contributed by atoms with Crippen LogP contribution in [0.3, 0.4) is 0 Å². The summed E-state index contributed by atoms with van der Waals surface area (Å²) in [6, 6.07) is 3.90. The van der Waals surface area contributed by atoms with Crippen molar-refractivity contribution in [1.82, 2.24) is 10.2 Å². The number of ether oxygens (including phenoxy) is 1. The number of piperazine rings is 1. The summed E-state index contributed by atoms with van der Waals surface area (Å²) in [5.74, 6) is -1.27. The van der Waals surface area contributed by atoms with E-state index < -0.39 is 17.9 Å². The highest BCUT2D eigenvalue weighted by Gasteiger charge is 2.37. The highest BCUT2D eigenvalue weighted by molar-refractivity contribution is 5.32. The predicted octanol–water partition coefficient (Wildman–Crippen LogP) is 3.08. The smallest absolute Gasteiger partial charge is 0.403 e. The molecule has 0 unspecified atom stereocenters. The van der Waals surface area contributed by atoms with Gasteiger partial charge in [0.15, 0.2) is 11.6 Å². The molecule has 122 valence electrons. The summed E-state index contributed by atoms with van der Waals surface area (Å²) in [7, 11) is 0. The largest absolute Gasteiger partial charge is 0.573 e. The van der Waals surface area contributed by atoms with E-state index in [0.717, 1.165) is 50.7 Å². The van der Waals surface area contributed by atoms with Crippen LogP contribution in [0.25, 0.3) is 0 Å². The van der Waals surface area contributed by atoms with Crippen molar-refractivity contribution in [1.29, 1.82) is 0 Å². The van der Waals surface area contributed by atoms with Crippen molar-refractivity contribution >= 4 is 0 Å². The molecule has 0 radical (unpaired) electrons. The van der Waals surface area contributed by atoms with Gasteiger partial charge in [-0.15, -0.1) is 13.2 Å². The Bertz CT molecular complexity index is 525. The molecule has 0 amide bonds. The Labute approximate surface area is 126 Å². The maximum atomic E-state index is 13.9. The van der Waals surface area contributed by atoms with Crippen LogP contribution in [-0.2, 0) is 0 Å². The van der Waals surface area contributed by atoms with E-state index >= 15 is 0 Å². The summed E-state index contributed by atoms with van der Waals surface area (Å²) < 4.78 is 54.2. The van der Waals surface area contributed by atoms with Crippen LogP contribution in [0.4, 0.5) is 17.6 Å². The Morgan fingerprint density at radius 2 is 1.86 bits per heavy atom. The van der Waals surface area contributed by atoms with Gasteiger partial charge in [-0.2, -0.15) is 0 Å². The van der Waals surface area contributed by atoms with E-state index in [0.29, 0.717) is 5.92 Å². The number of benzene rings is 1. The van der Waals surface area contributed by atoms with Crippen LogP contribution < -0.4 is 10.1 Å². The summed E-state index contributed by atoms with van der Waals surface area (Å²) in [4.78, 5) is 2.28. The molecule has 0 spiro atoms. The molecule has 1 aromatic carbocycles. The van der Waals surface area contributed by atoms with E-state index in [1.54, 1.807) is 6.07 Å². The highest BCUT2D eigenvalue weighted by Crippen LogP contribution is 2.45. The van der Waals surface area contributed by atoms with Crippen LogP contribution in [0.15, 0.2) is 18.2 Å². The van der Waals surface area contributed by atoms with Crippen LogP contribution in [0.1, 0.15) is 24.4 Å². The van der Waals surface area contributed by atoms with Gasteiger partial charge in [0, 0.05) is 32.2 Å². The Hall–Kier alpha value is -1.34. The number of nitrogens with zero attached hydrogens (tertiary/aromatic N) is 1. The molecule has 1 aliphatic heterocycles. The van der Waals surface area contributed by atoms with E-state index in [1.807, 2.05) is 0 Å². The fraction of sp³-hybridized carbons (Fsp3) is 0.600. The number of rotatable bonds is 4. The molecular weight excluding hydrogens is 300 g/mol. The third kappa shape index (κ3) is 3.70. The van der Waals surface area contributed by atoms with Crippen LogP contribution in [0.5, 0.6) is 5.75 Å². The quantitative estimate of drug-likeness (QED) is 0.864. The van der Waals surface area contributed by atoms with Gasteiger partial charge in [-0.3, -0.25) is 4.90 Å². The van der Waals surface area contributed by atoms with E-state index in [2.05, 4.69) is 15.0 Å². The fourth-order valence-electron chi connectivity index (χ4n) is 3.06. The van der Waals surface area contributed by atoms with Crippen molar-refractivity contribution in [3.05, 3.63) is 29.6 Å². The third-order valence-electron chi connectivity index (χ3n) is 4.14. The molecule has 1 saturated carbocycles. The first-order chi connectivity index (χ1) is 10.4. The lowest BCUT2D eigenvalue weighted by molar-refractivity contribution is -0.275. The van der Waals surface area contributed by atoms with Gasteiger partial charge in [-0.25, -0.2) is 4.39 Å². The zero-order chi connectivity index (χ0) is 15.7. The number of hydrogen-bond acceptors (Lipinski definition) is 3. The molecule has 1 aliphatic carbocycles. The van der Waals surface area contributed by atoms with Crippen molar-refractivity contribution in [3.8, 4) is 5.75 Å². The minimum atomic E-state index is -4.88. The van der Waals surface area contributed by atoms with Gasteiger partial charge in [-0.1, -0.05) is 6.07 Å². The van der Waals surface area contributed by atoms with E-state index in [-0.39, 0.29) is 6.04 Å². The first kappa shape index (κ1) is 15.6. The van der Waals surface area contributed by atoms with Gasteiger partial charge in [0.2, 0.25) is 0 Å². The zero-order valence-electron chi connectivity index (χ0n) is 12.0. The Balaban J connectivity index is 1.81. The second-order valence-electron chi connectivity index (χ2n) is 5.81. The lowest BCUT2D eigenvalue weighted by Gasteiger charge is -2.35. The first-order valence-corrected chi connectivity index (χ1v) is 7.44. The molecule has 7 heteroatoms. The monoisotopic (exact) mass is 318 g/mol. The summed E-state index contributed by atoms with van der Waals surface area (Å²) in [5.41, 5.74) is 0.733. The minimum absolute atomic E-state index is 0.0801. The van der Waals surface area contributed by atoms with Crippen molar-refractivity contribution in [2.24, 2.45) is 5.92 Å². The van der Waals surface area contributed by atoms with Crippen molar-refractivity contribution < 1.29 is 22.3 Å². The molecule has 22 heavy (non-hydrogen) atoms. The molecule has 3 nitrogen and oxygen atoms in total. The lowest BCUT2D eigenvalue weighted by atomic mass is 9.99. The van der Waals surface area contributed by atoms with E-state index in [4.69, 9.17) is 0 Å². The molecule has 1 N–H and O–H groups in total. The minimum Gasteiger partial charge on any atom is -0.403 e. The van der Waals surface area contributed by atoms with Crippen LogP contribution in [0, 0.1) is 11.7 Å². The maximum absolute atomic E-state index is 13.9. The molecule has 1 atom stereocenters. The summed E-state index contributed by atoms with van der Waals surface area (Å²) in [5, 5.41) is 3.27. The molecule has 2 fully saturated rings. The fourth-order valence-corrected chi connectivity index (χ4v) is 3.06. The van der Waals surface area contributed by atoms with Crippen LogP contribution in [0.2, 0.25) is 0 Å². The number of halogens is 4. The Morgan fingerprint density at radius 3 is 2.41 bits per heavy atom. The summed E-state index contributed by atoms with van der Waals surface area (Å²) >= 11 is 0. The first-order valence-electron chi connectivity index (χ1n) is 7.44. The summed E-state index contributed by atoms with van der Waals surface area (Å²) in [6.07, 6.45) is -2.72. The predicted molar refractivity (Wildman–Crippen MR) is 73.0 cm³/mol. The molecule has 0 aromatic heterocycles. The average molecular weight is 318 g/mol. The van der Waals surface area contributed by atoms with Gasteiger partial charge >= 0.3 is 6.36 Å². The molecule has 2 aliphatic rings. The molecule has 3 rings (SSSR count). The molecule has 1 heterocycles. The number of alkyl halides is 3. The van der Waals surface area contributed by atoms with Crippen molar-refractivity contribution in [2.45, 2.75) is 25.2 Å². The van der Waals surface area contributed by atoms with E-state index in [1.165, 1.54) is 6.07 Å². The molecule has 0 bridgehead atoms. The maximum Gasteiger partial charge on any atom is 0.573 e. The second kappa shape index (κ2) is 6.04. The number of nitrogens with one attached hydrogen (secondary N) is 1. The van der Waals surface area contributed by atoms with Crippen LogP contribution >= 0.6 is 0 Å². The van der Waals surface area contributed by atoms with E-state index in [9.17, 15) is 17.6 Å². The third-order valence-corrected chi connectivity index (χ3v) is 4.14. The molecule has 1 saturated heterocycles. The highest BCUT2D eigenvalue weighted by atomic mass is 19.4. The lowest BCUT2D eigenvalue weighted by Crippen LogP contribution is -2.45. The number of hydrogen-bond donors (Lipinski definition) is 1. The standard InChI is InChI=1S/C15H18F4N2O/c16-12-9-11(3-4-13(12)22-15(17,18)19)14(10-1-2-10)21-7-5-20-6-8-21/h3-4,9-10,14,20H,1-2,5-8H2/t14-/m0/s1. The average Bonchev–Trinajstić information content (AvgIpc) is 3.27. The van der Waals surface area contributed by atoms with Gasteiger partial charge in [-0.05, 0) is 36.5 Å². The SMILES string of the molecule is Fc1cc([C@H](C2CC2)N2CCNCC2)ccc1OC(F)(F)F. The van der Waals surface area contributed by atoms with Crippen molar-refractivity contribution in [2.75, 3.05) is 26.2 Å². The van der Waals surface area contributed by atoms with Gasteiger partial charge in [0.25, 0.3) is 0 Å². The Morgan fingerprint density at radius 1 is 1.18 bits per heavy atom. The zero-order valence-corrected chi connectivity index (χ0v) is 12.0. The van der Waals surface area contributed by atoms with Gasteiger partial charge in [0.05, 0.1) is 0 Å². The molecular formula is C15H18F4N2O. The topological polar surface area (TPSA) is 24.5 Å².